The number of benzene rings is 2. The molecule has 0 saturated carbocycles. The number of carbonyl (C=O) groups is 1. The summed E-state index contributed by atoms with van der Waals surface area (Å²) in [4.78, 5) is 23.5. The van der Waals surface area contributed by atoms with E-state index in [0.717, 1.165) is 11.6 Å². The summed E-state index contributed by atoms with van der Waals surface area (Å²) in [6, 6.07) is 9.01. The quantitative estimate of drug-likeness (QED) is 0.562. The van der Waals surface area contributed by atoms with Crippen LogP contribution in [0.4, 0.5) is 10.1 Å². The van der Waals surface area contributed by atoms with Gasteiger partial charge in [0.05, 0.1) is 9.82 Å². The molecule has 0 saturated heterocycles. The van der Waals surface area contributed by atoms with Crippen molar-refractivity contribution in [3.05, 3.63) is 69.5 Å². The van der Waals surface area contributed by atoms with Crippen LogP contribution in [0.1, 0.15) is 17.5 Å². The fourth-order valence-corrected chi connectivity index (χ4v) is 2.99. The minimum Gasteiger partial charge on any atom is -0.278 e. The summed E-state index contributed by atoms with van der Waals surface area (Å²) >= 11 is 0. The lowest BCUT2D eigenvalue weighted by Crippen LogP contribution is -2.41. The number of rotatable bonds is 7. The molecular formula is C16H16FN3O5S. The zero-order chi connectivity index (χ0) is 19.3. The molecule has 2 rings (SSSR count). The number of hydrogen-bond acceptors (Lipinski definition) is 5. The van der Waals surface area contributed by atoms with Gasteiger partial charge in [0, 0.05) is 18.1 Å². The summed E-state index contributed by atoms with van der Waals surface area (Å²) in [5.74, 6) is -0.988. The van der Waals surface area contributed by atoms with Crippen LogP contribution < -0.4 is 10.3 Å². The van der Waals surface area contributed by atoms with Gasteiger partial charge in [-0.1, -0.05) is 18.2 Å². The molecule has 0 heterocycles. The van der Waals surface area contributed by atoms with Crippen molar-refractivity contribution in [2.45, 2.75) is 24.7 Å². The van der Waals surface area contributed by atoms with Crippen molar-refractivity contribution in [2.24, 2.45) is 0 Å². The van der Waals surface area contributed by atoms with Gasteiger partial charge in [0.15, 0.2) is 0 Å². The Morgan fingerprint density at radius 1 is 1.19 bits per heavy atom. The molecule has 0 aliphatic rings. The van der Waals surface area contributed by atoms with E-state index >= 15 is 0 Å². The predicted octanol–water partition coefficient (Wildman–Crippen LogP) is 1.98. The Labute approximate surface area is 149 Å². The van der Waals surface area contributed by atoms with Gasteiger partial charge in [0.2, 0.25) is 5.91 Å². The lowest BCUT2D eigenvalue weighted by atomic mass is 10.1. The molecule has 0 spiro atoms. The predicted molar refractivity (Wildman–Crippen MR) is 91.0 cm³/mol. The summed E-state index contributed by atoms with van der Waals surface area (Å²) in [6.07, 6.45) is 0.270. The fraction of sp³-hybridized carbons (Fsp3) is 0.188. The highest BCUT2D eigenvalue weighted by Gasteiger charge is 2.20. The average molecular weight is 381 g/mol. The molecule has 0 bridgehead atoms. The molecule has 26 heavy (non-hydrogen) atoms. The third-order valence-corrected chi connectivity index (χ3v) is 4.81. The van der Waals surface area contributed by atoms with Gasteiger partial charge in [-0.25, -0.2) is 12.8 Å². The summed E-state index contributed by atoms with van der Waals surface area (Å²) in [5.41, 5.74) is 2.75. The molecule has 0 aliphatic carbocycles. The molecule has 1 amide bonds. The van der Waals surface area contributed by atoms with Crippen molar-refractivity contribution in [3.8, 4) is 0 Å². The van der Waals surface area contributed by atoms with Gasteiger partial charge < -0.3 is 0 Å². The summed E-state index contributed by atoms with van der Waals surface area (Å²) in [5, 5.41) is 10.9. The average Bonchev–Trinajstić information content (AvgIpc) is 2.59. The second-order valence-electron chi connectivity index (χ2n) is 5.49. The Hall–Kier alpha value is -2.85. The molecule has 8 nitrogen and oxygen atoms in total. The first-order chi connectivity index (χ1) is 12.2. The first-order valence-corrected chi connectivity index (χ1v) is 8.97. The van der Waals surface area contributed by atoms with E-state index in [1.807, 2.05) is 10.3 Å². The highest BCUT2D eigenvalue weighted by Crippen LogP contribution is 2.21. The van der Waals surface area contributed by atoms with Gasteiger partial charge >= 0.3 is 0 Å². The van der Waals surface area contributed by atoms with Crippen LogP contribution in [0.2, 0.25) is 0 Å². The molecule has 2 aromatic carbocycles. The van der Waals surface area contributed by atoms with Gasteiger partial charge in [0.1, 0.15) is 5.82 Å². The van der Waals surface area contributed by atoms with Crippen molar-refractivity contribution in [2.75, 3.05) is 0 Å². The highest BCUT2D eigenvalue weighted by atomic mass is 32.2. The van der Waals surface area contributed by atoms with Gasteiger partial charge in [-0.3, -0.25) is 20.3 Å². The molecule has 2 aromatic rings. The van der Waals surface area contributed by atoms with Crippen LogP contribution >= 0.6 is 0 Å². The van der Waals surface area contributed by atoms with Gasteiger partial charge in [-0.15, -0.1) is 4.83 Å². The Morgan fingerprint density at radius 3 is 2.46 bits per heavy atom. The van der Waals surface area contributed by atoms with Crippen LogP contribution in [-0.4, -0.2) is 19.2 Å². The highest BCUT2D eigenvalue weighted by molar-refractivity contribution is 7.89. The summed E-state index contributed by atoms with van der Waals surface area (Å²) in [7, 11) is -4.15. The number of nitrogens with one attached hydrogen (secondary N) is 2. The van der Waals surface area contributed by atoms with Crippen molar-refractivity contribution in [3.63, 3.8) is 0 Å². The number of carbonyl (C=O) groups excluding carboxylic acids is 1. The van der Waals surface area contributed by atoms with E-state index < -0.39 is 26.7 Å². The molecule has 0 atom stereocenters. The van der Waals surface area contributed by atoms with E-state index in [1.54, 1.807) is 0 Å². The van der Waals surface area contributed by atoms with Crippen molar-refractivity contribution < 1.29 is 22.5 Å². The second kappa shape index (κ2) is 8.02. The number of nitro groups is 1. The zero-order valence-corrected chi connectivity index (χ0v) is 14.5. The number of aryl methyl sites for hydroxylation is 2. The van der Waals surface area contributed by atoms with Crippen LogP contribution in [-0.2, 0) is 21.2 Å². The Morgan fingerprint density at radius 2 is 1.85 bits per heavy atom. The standard InChI is InChI=1S/C16H16FN3O5S/c1-11-2-8-14(10-15(11)20(22)23)26(24,25)19-18-16(21)9-5-12-3-6-13(17)7-4-12/h2-4,6-8,10,19H,5,9H2,1H3,(H,18,21). The number of halogens is 1. The molecule has 0 radical (unpaired) electrons. The van der Waals surface area contributed by atoms with E-state index in [9.17, 15) is 27.7 Å². The van der Waals surface area contributed by atoms with E-state index in [4.69, 9.17) is 0 Å². The van der Waals surface area contributed by atoms with Crippen LogP contribution in [0, 0.1) is 22.9 Å². The van der Waals surface area contributed by atoms with E-state index in [-0.39, 0.29) is 17.0 Å². The number of hydrazine groups is 1. The molecule has 0 unspecified atom stereocenters. The SMILES string of the molecule is Cc1ccc(S(=O)(=O)NNC(=O)CCc2ccc(F)cc2)cc1[N+](=O)[O-]. The summed E-state index contributed by atoms with van der Waals surface area (Å²) < 4.78 is 37.1. The molecule has 0 fully saturated rings. The minimum atomic E-state index is -4.15. The normalized spacial score (nSPS) is 11.2. The Kier molecular flexibility index (Phi) is 6.01. The number of amides is 1. The van der Waals surface area contributed by atoms with Crippen LogP contribution in [0.3, 0.4) is 0 Å². The zero-order valence-electron chi connectivity index (χ0n) is 13.7. The van der Waals surface area contributed by atoms with E-state index in [2.05, 4.69) is 0 Å². The van der Waals surface area contributed by atoms with Gasteiger partial charge in [0.25, 0.3) is 15.7 Å². The molecule has 138 valence electrons. The smallest absolute Gasteiger partial charge is 0.273 e. The second-order valence-corrected chi connectivity index (χ2v) is 7.17. The van der Waals surface area contributed by atoms with Crippen molar-refractivity contribution >= 4 is 21.6 Å². The number of sulfonamides is 1. The molecular weight excluding hydrogens is 365 g/mol. The molecule has 0 aliphatic heterocycles. The fourth-order valence-electron chi connectivity index (χ4n) is 2.11. The van der Waals surface area contributed by atoms with Crippen LogP contribution in [0.15, 0.2) is 47.4 Å². The lowest BCUT2D eigenvalue weighted by molar-refractivity contribution is -0.385. The largest absolute Gasteiger partial charge is 0.278 e. The monoisotopic (exact) mass is 381 g/mol. The molecule has 0 aromatic heterocycles. The lowest BCUT2D eigenvalue weighted by Gasteiger charge is -2.09. The van der Waals surface area contributed by atoms with Crippen molar-refractivity contribution in [1.29, 1.82) is 0 Å². The number of nitro benzene ring substituents is 1. The third kappa shape index (κ3) is 5.07. The topological polar surface area (TPSA) is 118 Å². The Bertz CT molecular complexity index is 929. The number of hydrogen-bond donors (Lipinski definition) is 2. The van der Waals surface area contributed by atoms with Crippen LogP contribution in [0.5, 0.6) is 0 Å². The first-order valence-electron chi connectivity index (χ1n) is 7.49. The van der Waals surface area contributed by atoms with Crippen LogP contribution in [0.25, 0.3) is 0 Å². The first kappa shape index (κ1) is 19.5. The maximum absolute atomic E-state index is 12.8. The molecule has 2 N–H and O–H groups in total. The van der Waals surface area contributed by atoms with E-state index in [0.29, 0.717) is 12.0 Å². The number of nitrogens with zero attached hydrogens (tertiary/aromatic N) is 1. The maximum atomic E-state index is 12.8. The van der Waals surface area contributed by atoms with Gasteiger partial charge in [-0.05, 0) is 37.1 Å². The van der Waals surface area contributed by atoms with E-state index in [1.165, 1.54) is 43.3 Å². The third-order valence-electron chi connectivity index (χ3n) is 3.57. The minimum absolute atomic E-state index is 0.0256. The van der Waals surface area contributed by atoms with Crippen molar-refractivity contribution in [1.82, 2.24) is 10.3 Å². The van der Waals surface area contributed by atoms with Gasteiger partial charge in [-0.2, -0.15) is 0 Å². The summed E-state index contributed by atoms with van der Waals surface area (Å²) in [6.45, 7) is 1.49. The molecule has 10 heteroatoms. The maximum Gasteiger partial charge on any atom is 0.273 e. The Balaban J connectivity index is 1.97.